The minimum Gasteiger partial charge on any atom is -0.391 e. The molecule has 0 bridgehead atoms. The van der Waals surface area contributed by atoms with Crippen molar-refractivity contribution in [3.8, 4) is 11.8 Å². The van der Waals surface area contributed by atoms with Crippen LogP contribution in [0.4, 0.5) is 11.5 Å². The molecule has 2 atom stereocenters. The van der Waals surface area contributed by atoms with Crippen molar-refractivity contribution in [3.63, 3.8) is 0 Å². The Labute approximate surface area is 191 Å². The molecule has 3 aromatic rings. The Morgan fingerprint density at radius 2 is 1.61 bits per heavy atom. The number of nitrogens with one attached hydrogen (secondary N) is 3. The van der Waals surface area contributed by atoms with E-state index in [1.165, 1.54) is 12.4 Å². The van der Waals surface area contributed by atoms with E-state index in [9.17, 15) is 14.7 Å². The highest BCUT2D eigenvalue weighted by molar-refractivity contribution is 5.97. The van der Waals surface area contributed by atoms with Crippen molar-refractivity contribution in [2.24, 2.45) is 0 Å². The summed E-state index contributed by atoms with van der Waals surface area (Å²) in [6, 6.07) is 12.5. The van der Waals surface area contributed by atoms with Gasteiger partial charge in [0.1, 0.15) is 11.9 Å². The fraction of sp³-hybridized carbons (Fsp3) is 0.167. The van der Waals surface area contributed by atoms with Gasteiger partial charge in [-0.25, -0.2) is 10.5 Å². The van der Waals surface area contributed by atoms with Crippen LogP contribution in [-0.4, -0.2) is 44.2 Å². The summed E-state index contributed by atoms with van der Waals surface area (Å²) < 4.78 is 0. The van der Waals surface area contributed by atoms with Crippen LogP contribution in [0.1, 0.15) is 35.8 Å². The third kappa shape index (κ3) is 7.14. The Balaban J connectivity index is 0.00000385. The van der Waals surface area contributed by atoms with Crippen molar-refractivity contribution in [2.75, 3.05) is 5.32 Å². The lowest BCUT2D eigenvalue weighted by molar-refractivity contribution is -0.133. The lowest BCUT2D eigenvalue weighted by Gasteiger charge is -2.19. The molecule has 33 heavy (non-hydrogen) atoms. The lowest BCUT2D eigenvalue weighted by Crippen LogP contribution is -2.51. The maximum Gasteiger partial charge on any atom is 0.268 e. The summed E-state index contributed by atoms with van der Waals surface area (Å²) in [7, 11) is 0. The zero-order chi connectivity index (χ0) is 22.9. The summed E-state index contributed by atoms with van der Waals surface area (Å²) in [5, 5.41) is 23.9. The number of pyridine rings is 2. The molecule has 0 spiro atoms. The van der Waals surface area contributed by atoms with Gasteiger partial charge < -0.3 is 15.7 Å². The van der Waals surface area contributed by atoms with E-state index >= 15 is 0 Å². The number of aliphatic hydroxyl groups is 1. The molecule has 0 radical (unpaired) electrons. The molecule has 5 N–H and O–H groups in total. The number of aromatic nitrogens is 2. The summed E-state index contributed by atoms with van der Waals surface area (Å²) in [5.74, 6) is 5.20. The maximum absolute atomic E-state index is 12.3. The van der Waals surface area contributed by atoms with Crippen LogP contribution in [0.15, 0.2) is 67.1 Å². The number of rotatable bonds is 6. The predicted molar refractivity (Wildman–Crippen MR) is 124 cm³/mol. The molecule has 9 heteroatoms. The van der Waals surface area contributed by atoms with Gasteiger partial charge in [-0.2, -0.15) is 0 Å². The number of benzene rings is 1. The molecule has 0 aliphatic heterocycles. The second-order valence-corrected chi connectivity index (χ2v) is 6.79. The molecule has 2 amide bonds. The van der Waals surface area contributed by atoms with Gasteiger partial charge in [-0.15, -0.1) is 0 Å². The molecule has 9 nitrogen and oxygen atoms in total. The monoisotopic (exact) mass is 447 g/mol. The van der Waals surface area contributed by atoms with E-state index in [-0.39, 0.29) is 13.0 Å². The summed E-state index contributed by atoms with van der Waals surface area (Å²) in [6.07, 6.45) is 3.85. The fourth-order valence-corrected chi connectivity index (χ4v) is 2.67. The van der Waals surface area contributed by atoms with Crippen LogP contribution in [0, 0.1) is 11.8 Å². The van der Waals surface area contributed by atoms with Gasteiger partial charge in [-0.3, -0.25) is 19.8 Å². The molecule has 0 aliphatic rings. The second kappa shape index (κ2) is 12.0. The van der Waals surface area contributed by atoms with Crippen molar-refractivity contribution in [1.29, 1.82) is 0 Å². The lowest BCUT2D eigenvalue weighted by atomic mass is 10.1. The van der Waals surface area contributed by atoms with E-state index in [1.807, 2.05) is 24.3 Å². The highest BCUT2D eigenvalue weighted by Crippen LogP contribution is 2.13. The van der Waals surface area contributed by atoms with E-state index in [0.29, 0.717) is 11.4 Å². The molecule has 0 fully saturated rings. The number of aliphatic hydroxyl groups excluding tert-OH is 1. The molecule has 0 saturated heterocycles. The van der Waals surface area contributed by atoms with Crippen LogP contribution in [0.3, 0.4) is 0 Å². The van der Waals surface area contributed by atoms with Gasteiger partial charge in [-0.1, -0.05) is 19.3 Å². The van der Waals surface area contributed by atoms with Crippen molar-refractivity contribution in [1.82, 2.24) is 20.8 Å². The molecular weight excluding hydrogens is 422 g/mol. The van der Waals surface area contributed by atoms with E-state index in [4.69, 9.17) is 5.21 Å². The number of carbonyl (C=O) groups is 2. The average Bonchev–Trinajstić information content (AvgIpc) is 2.82. The first-order chi connectivity index (χ1) is 15.5. The van der Waals surface area contributed by atoms with Gasteiger partial charge in [0.15, 0.2) is 0 Å². The molecule has 3 rings (SSSR count). The molecule has 170 valence electrons. The average molecular weight is 447 g/mol. The quantitative estimate of drug-likeness (QED) is 0.222. The normalized spacial score (nSPS) is 11.6. The number of amides is 2. The van der Waals surface area contributed by atoms with Gasteiger partial charge in [0.2, 0.25) is 0 Å². The van der Waals surface area contributed by atoms with Gasteiger partial charge in [0.05, 0.1) is 6.10 Å². The van der Waals surface area contributed by atoms with Crippen LogP contribution in [0.25, 0.3) is 0 Å². The fourth-order valence-electron chi connectivity index (χ4n) is 2.67. The minimum atomic E-state index is -1.28. The van der Waals surface area contributed by atoms with Crippen molar-refractivity contribution in [2.45, 2.75) is 26.5 Å². The number of hydroxylamine groups is 1. The van der Waals surface area contributed by atoms with Gasteiger partial charge in [0, 0.05) is 41.0 Å². The summed E-state index contributed by atoms with van der Waals surface area (Å²) in [5.41, 5.74) is 3.98. The molecule has 0 unspecified atom stereocenters. The third-order valence-electron chi connectivity index (χ3n) is 4.38. The van der Waals surface area contributed by atoms with Crippen LogP contribution in [0.2, 0.25) is 0 Å². The van der Waals surface area contributed by atoms with E-state index in [0.717, 1.165) is 11.3 Å². The maximum atomic E-state index is 12.3. The molecule has 1 aromatic carbocycles. The number of nitrogens with zero attached hydrogens (tertiary/aromatic N) is 2. The number of hydrogen-bond acceptors (Lipinski definition) is 7. The Morgan fingerprint density at radius 1 is 0.970 bits per heavy atom. The molecule has 0 aliphatic carbocycles. The van der Waals surface area contributed by atoms with Crippen LogP contribution in [0.5, 0.6) is 0 Å². The van der Waals surface area contributed by atoms with E-state index in [1.54, 1.807) is 42.9 Å². The molecule has 2 heterocycles. The van der Waals surface area contributed by atoms with Gasteiger partial charge >= 0.3 is 0 Å². The topological polar surface area (TPSA) is 136 Å². The Bertz CT molecular complexity index is 1120. The first kappa shape index (κ1) is 25.0. The molecule has 0 saturated carbocycles. The number of anilines is 2. The first-order valence-electron chi connectivity index (χ1n) is 9.64. The number of carbonyl (C=O) groups excluding carboxylic acids is 2. The van der Waals surface area contributed by atoms with E-state index < -0.39 is 24.0 Å². The van der Waals surface area contributed by atoms with Crippen LogP contribution in [-0.2, 0) is 4.79 Å². The summed E-state index contributed by atoms with van der Waals surface area (Å²) in [4.78, 5) is 32.1. The zero-order valence-corrected chi connectivity index (χ0v) is 17.1. The Hall–Kier alpha value is -4.26. The van der Waals surface area contributed by atoms with E-state index in [2.05, 4.69) is 32.4 Å². The standard InChI is InChI=1S/C23H21N5O4.CH4/c1-15(29)21(23(31)28-32)27-22(30)18-7-4-16(5-8-18)2-3-17-6-9-20(25-14-17)26-19-10-12-24-13-11-19;/h4-15,21,29,32H,1H3,(H,27,30)(H,28,31)(H,24,25,26);1H4/t15-,21+;/m1./s1. The molecular formula is C24H25N5O4. The molecule has 2 aromatic heterocycles. The highest BCUT2D eigenvalue weighted by atomic mass is 16.5. The van der Waals surface area contributed by atoms with Crippen LogP contribution >= 0.6 is 0 Å². The summed E-state index contributed by atoms with van der Waals surface area (Å²) in [6.45, 7) is 1.33. The smallest absolute Gasteiger partial charge is 0.268 e. The Morgan fingerprint density at radius 3 is 2.18 bits per heavy atom. The Kier molecular flexibility index (Phi) is 9.06. The minimum absolute atomic E-state index is 0. The van der Waals surface area contributed by atoms with Crippen molar-refractivity contribution in [3.05, 3.63) is 83.8 Å². The summed E-state index contributed by atoms with van der Waals surface area (Å²) >= 11 is 0. The number of hydrogen-bond donors (Lipinski definition) is 5. The first-order valence-corrected chi connectivity index (χ1v) is 9.64. The van der Waals surface area contributed by atoms with Crippen molar-refractivity contribution < 1.29 is 19.9 Å². The van der Waals surface area contributed by atoms with Gasteiger partial charge in [0.25, 0.3) is 11.8 Å². The van der Waals surface area contributed by atoms with Crippen molar-refractivity contribution >= 4 is 23.3 Å². The highest BCUT2D eigenvalue weighted by Gasteiger charge is 2.25. The predicted octanol–water partition coefficient (Wildman–Crippen LogP) is 2.24. The van der Waals surface area contributed by atoms with Crippen LogP contribution < -0.4 is 16.1 Å². The third-order valence-corrected chi connectivity index (χ3v) is 4.38. The zero-order valence-electron chi connectivity index (χ0n) is 17.1. The SMILES string of the molecule is C.C[C@@H](O)[C@H](NC(=O)c1ccc(C#Cc2ccc(Nc3ccncc3)nc2)cc1)C(=O)NO. The largest absolute Gasteiger partial charge is 0.391 e. The second-order valence-electron chi connectivity index (χ2n) is 6.79. The van der Waals surface area contributed by atoms with Gasteiger partial charge in [-0.05, 0) is 55.5 Å².